The van der Waals surface area contributed by atoms with E-state index in [1.165, 1.54) is 64.5 Å². The van der Waals surface area contributed by atoms with E-state index in [0.717, 1.165) is 11.8 Å². The Kier molecular flexibility index (Phi) is 8.92. The van der Waals surface area contributed by atoms with E-state index in [1.807, 2.05) is 30.3 Å². The molecule has 5 N–H and O–H groups in total. The molecule has 0 bridgehead atoms. The van der Waals surface area contributed by atoms with Crippen molar-refractivity contribution in [3.05, 3.63) is 78.0 Å². The maximum atomic E-state index is 8.30. The number of benzene rings is 2. The van der Waals surface area contributed by atoms with E-state index in [1.54, 1.807) is 30.3 Å². The van der Waals surface area contributed by atoms with Crippen LogP contribution >= 0.6 is 0 Å². The second kappa shape index (κ2) is 12.5. The largest absolute Gasteiger partial charge is 0.457 e. The molecule has 0 radical (unpaired) electrons. The predicted octanol–water partition coefficient (Wildman–Crippen LogP) is 5.02. The van der Waals surface area contributed by atoms with Gasteiger partial charge >= 0.3 is 0 Å². The molecule has 0 atom stereocenters. The van der Waals surface area contributed by atoms with E-state index in [-0.39, 0.29) is 11.5 Å². The van der Waals surface area contributed by atoms with E-state index >= 15 is 0 Å². The number of hydrogen-bond donors (Lipinski definition) is 3. The second-order valence-electron chi connectivity index (χ2n) is 9.61. The number of hydrogen-bond acceptors (Lipinski definition) is 7. The van der Waals surface area contributed by atoms with Gasteiger partial charge in [0.05, 0.1) is 11.3 Å². The highest BCUT2D eigenvalue weighted by Gasteiger charge is 2.23. The molecule has 2 aliphatic rings. The first-order valence-corrected chi connectivity index (χ1v) is 12.9. The lowest BCUT2D eigenvalue weighted by Gasteiger charge is -2.39. The van der Waals surface area contributed by atoms with Crippen molar-refractivity contribution in [3.8, 4) is 11.5 Å². The van der Waals surface area contributed by atoms with Crippen LogP contribution in [0.5, 0.6) is 11.5 Å². The van der Waals surface area contributed by atoms with Gasteiger partial charge in [0.25, 0.3) is 0 Å². The van der Waals surface area contributed by atoms with Gasteiger partial charge in [-0.1, -0.05) is 37.5 Å². The first kappa shape index (κ1) is 25.7. The summed E-state index contributed by atoms with van der Waals surface area (Å²) < 4.78 is 5.73. The summed E-state index contributed by atoms with van der Waals surface area (Å²) in [6.45, 7) is 5.16. The first-order chi connectivity index (χ1) is 17.5. The number of ether oxygens (including phenoxy) is 1. The molecule has 2 fully saturated rings. The van der Waals surface area contributed by atoms with Crippen LogP contribution in [0.1, 0.15) is 43.2 Å². The van der Waals surface area contributed by atoms with Crippen molar-refractivity contribution in [1.29, 1.82) is 5.41 Å². The maximum Gasteiger partial charge on any atom is 0.134 e. The molecule has 2 aromatic carbocycles. The van der Waals surface area contributed by atoms with Crippen molar-refractivity contribution in [1.82, 2.24) is 14.8 Å². The molecule has 1 aliphatic heterocycles. The molecule has 0 amide bonds. The number of nitrogen functional groups attached to an aromatic ring is 2. The lowest BCUT2D eigenvalue weighted by Crippen LogP contribution is -2.49. The summed E-state index contributed by atoms with van der Waals surface area (Å²) in [5.41, 5.74) is 13.6. The third-order valence-electron chi connectivity index (χ3n) is 7.01. The summed E-state index contributed by atoms with van der Waals surface area (Å²) in [5, 5.41) is 8.30. The van der Waals surface area contributed by atoms with Gasteiger partial charge in [-0.3, -0.25) is 10.3 Å². The molecule has 0 unspecified atom stereocenters. The second-order valence-corrected chi connectivity index (χ2v) is 9.61. The van der Waals surface area contributed by atoms with Crippen molar-refractivity contribution >= 4 is 17.2 Å². The third kappa shape index (κ3) is 6.83. The number of aromatic nitrogens is 1. The Morgan fingerprint density at radius 2 is 1.50 bits per heavy atom. The van der Waals surface area contributed by atoms with Gasteiger partial charge in [0.15, 0.2) is 0 Å². The Morgan fingerprint density at radius 3 is 2.14 bits per heavy atom. The quantitative estimate of drug-likeness (QED) is 0.437. The van der Waals surface area contributed by atoms with E-state index in [4.69, 9.17) is 21.6 Å². The van der Waals surface area contributed by atoms with Gasteiger partial charge in [-0.05, 0) is 62.4 Å². The van der Waals surface area contributed by atoms with Crippen molar-refractivity contribution in [2.75, 3.05) is 44.7 Å². The van der Waals surface area contributed by atoms with Gasteiger partial charge in [-0.2, -0.15) is 0 Å². The van der Waals surface area contributed by atoms with E-state index in [9.17, 15) is 0 Å². The average molecular weight is 487 g/mol. The van der Waals surface area contributed by atoms with Crippen LogP contribution < -0.4 is 16.2 Å². The lowest BCUT2D eigenvalue weighted by atomic mass is 9.94. The van der Waals surface area contributed by atoms with Crippen LogP contribution in [-0.2, 0) is 0 Å². The number of pyridine rings is 1. The monoisotopic (exact) mass is 486 g/mol. The molecular weight excluding hydrogens is 448 g/mol. The summed E-state index contributed by atoms with van der Waals surface area (Å²) in [6.07, 6.45) is 8.87. The van der Waals surface area contributed by atoms with Crippen molar-refractivity contribution in [2.24, 2.45) is 0 Å². The molecule has 5 rings (SSSR count). The normalized spacial score (nSPS) is 17.1. The molecule has 1 aliphatic carbocycles. The Hall–Kier alpha value is -3.42. The molecule has 2 heterocycles. The molecular formula is C29H38N6O. The van der Waals surface area contributed by atoms with E-state index in [2.05, 4.69) is 21.8 Å². The van der Waals surface area contributed by atoms with Gasteiger partial charge in [0.2, 0.25) is 0 Å². The summed E-state index contributed by atoms with van der Waals surface area (Å²) >= 11 is 0. The minimum atomic E-state index is 0.236. The summed E-state index contributed by atoms with van der Waals surface area (Å²) in [6, 6.07) is 19.3. The molecule has 3 aromatic rings. The molecule has 1 saturated carbocycles. The lowest BCUT2D eigenvalue weighted by molar-refractivity contribution is 0.0913. The SMILES string of the molecule is CN1CCN(C2CCCCC2)CC1.N=C(c1ccc(Oc2ccccc2)cc1)c1c(N)ccnc1N. The third-order valence-corrected chi connectivity index (χ3v) is 7.01. The molecule has 190 valence electrons. The highest BCUT2D eigenvalue weighted by atomic mass is 16.5. The fraction of sp³-hybridized carbons (Fsp3) is 0.379. The molecule has 1 aromatic heterocycles. The van der Waals surface area contributed by atoms with Gasteiger partial charge in [-0.15, -0.1) is 0 Å². The van der Waals surface area contributed by atoms with Crippen LogP contribution in [0.3, 0.4) is 0 Å². The van der Waals surface area contributed by atoms with Crippen LogP contribution in [0.15, 0.2) is 66.9 Å². The van der Waals surface area contributed by atoms with Crippen molar-refractivity contribution < 1.29 is 4.74 Å². The smallest absolute Gasteiger partial charge is 0.134 e. The number of nitrogens with one attached hydrogen (secondary N) is 1. The number of anilines is 2. The number of para-hydroxylation sites is 1. The van der Waals surface area contributed by atoms with Crippen molar-refractivity contribution in [2.45, 2.75) is 38.1 Å². The van der Waals surface area contributed by atoms with E-state index in [0.29, 0.717) is 22.6 Å². The zero-order valence-corrected chi connectivity index (χ0v) is 21.2. The summed E-state index contributed by atoms with van der Waals surface area (Å²) in [7, 11) is 2.23. The first-order valence-electron chi connectivity index (χ1n) is 12.9. The van der Waals surface area contributed by atoms with Crippen LogP contribution in [0.4, 0.5) is 11.5 Å². The van der Waals surface area contributed by atoms with Crippen LogP contribution in [0.2, 0.25) is 0 Å². The number of nitrogens with zero attached hydrogens (tertiary/aromatic N) is 3. The van der Waals surface area contributed by atoms with Crippen molar-refractivity contribution in [3.63, 3.8) is 0 Å². The fourth-order valence-electron chi connectivity index (χ4n) is 4.86. The van der Waals surface area contributed by atoms with E-state index < -0.39 is 0 Å². The highest BCUT2D eigenvalue weighted by molar-refractivity contribution is 6.16. The van der Waals surface area contributed by atoms with Crippen LogP contribution in [-0.4, -0.2) is 59.8 Å². The Labute approximate surface area is 214 Å². The molecule has 36 heavy (non-hydrogen) atoms. The number of piperazine rings is 1. The predicted molar refractivity (Wildman–Crippen MR) is 148 cm³/mol. The van der Waals surface area contributed by atoms with Crippen LogP contribution in [0.25, 0.3) is 0 Å². The number of likely N-dealkylation sites (N-methyl/N-ethyl adjacent to an activating group) is 1. The fourth-order valence-corrected chi connectivity index (χ4v) is 4.86. The molecule has 0 spiro atoms. The highest BCUT2D eigenvalue weighted by Crippen LogP contribution is 2.25. The van der Waals surface area contributed by atoms with Gasteiger partial charge in [0.1, 0.15) is 17.3 Å². The number of rotatable bonds is 5. The number of nitrogens with two attached hydrogens (primary N) is 2. The minimum Gasteiger partial charge on any atom is -0.457 e. The summed E-state index contributed by atoms with van der Waals surface area (Å²) in [4.78, 5) is 9.16. The van der Waals surface area contributed by atoms with Gasteiger partial charge < -0.3 is 21.1 Å². The molecule has 1 saturated heterocycles. The Balaban J connectivity index is 0.000000197. The minimum absolute atomic E-state index is 0.236. The molecule has 7 nitrogen and oxygen atoms in total. The Morgan fingerprint density at radius 1 is 0.861 bits per heavy atom. The Bertz CT molecular complexity index is 1080. The van der Waals surface area contributed by atoms with Gasteiger partial charge in [0, 0.05) is 49.7 Å². The molecule has 7 heteroatoms. The average Bonchev–Trinajstić information content (AvgIpc) is 2.91. The summed E-state index contributed by atoms with van der Waals surface area (Å²) in [5.74, 6) is 1.70. The van der Waals surface area contributed by atoms with Gasteiger partial charge in [-0.25, -0.2) is 4.98 Å². The maximum absolute atomic E-state index is 8.30. The zero-order valence-electron chi connectivity index (χ0n) is 21.2. The zero-order chi connectivity index (χ0) is 25.3. The topological polar surface area (TPSA) is 104 Å². The van der Waals surface area contributed by atoms with Crippen LogP contribution in [0, 0.1) is 5.41 Å². The standard InChI is InChI=1S/C18H16N4O.C11H22N2/c19-15-10-11-22-18(21)16(15)17(20)12-6-8-14(9-7-12)23-13-4-2-1-3-5-13;1-12-7-9-13(10-8-12)11-5-3-2-4-6-11/h1-11,20H,(H4,19,21,22);11H,2-10H2,1H3.